The van der Waals surface area contributed by atoms with E-state index in [0.29, 0.717) is 50.0 Å². The van der Waals surface area contributed by atoms with Gasteiger partial charge >= 0.3 is 6.09 Å². The lowest BCUT2D eigenvalue weighted by Gasteiger charge is -2.33. The van der Waals surface area contributed by atoms with E-state index in [0.717, 1.165) is 17.0 Å². The van der Waals surface area contributed by atoms with Crippen LogP contribution in [0.3, 0.4) is 0 Å². The molecule has 0 bridgehead atoms. The number of aromatic nitrogens is 3. The number of piperidine rings is 1. The maximum atomic E-state index is 12.5. The second-order valence-electron chi connectivity index (χ2n) is 8.98. The fraction of sp³-hybridized carbons (Fsp3) is 0.591. The minimum absolute atomic E-state index is 0.0206. The Bertz CT molecular complexity index is 1020. The molecule has 2 aromatic rings. The lowest BCUT2D eigenvalue weighted by Crippen LogP contribution is -2.47. The first-order chi connectivity index (χ1) is 14.6. The topological polar surface area (TPSA) is 113 Å². The molecule has 0 atom stereocenters. The number of rotatable bonds is 4. The molecular formula is C22H30N6O3. The van der Waals surface area contributed by atoms with Crippen LogP contribution < -0.4 is 5.32 Å². The third-order valence-corrected chi connectivity index (χ3v) is 5.44. The van der Waals surface area contributed by atoms with Gasteiger partial charge in [-0.3, -0.25) is 4.79 Å². The quantitative estimate of drug-likeness (QED) is 0.804. The summed E-state index contributed by atoms with van der Waals surface area (Å²) in [5.41, 5.74) is 3.14. The SMILES string of the molecule is Cc1nc2c(C#N)cnn2c(C)c1CCC(=O)NC1CCN(C(=O)OC(C)(C)C)CC1. The molecule has 31 heavy (non-hydrogen) atoms. The van der Waals surface area contributed by atoms with Gasteiger partial charge in [0.1, 0.15) is 17.2 Å². The molecule has 9 heteroatoms. The minimum Gasteiger partial charge on any atom is -0.444 e. The summed E-state index contributed by atoms with van der Waals surface area (Å²) in [6.07, 6.45) is 3.51. The van der Waals surface area contributed by atoms with E-state index in [9.17, 15) is 14.9 Å². The molecule has 9 nitrogen and oxygen atoms in total. The van der Waals surface area contributed by atoms with Crippen LogP contribution in [-0.2, 0) is 16.0 Å². The maximum absolute atomic E-state index is 12.5. The number of nitrogens with zero attached hydrogens (tertiary/aromatic N) is 5. The van der Waals surface area contributed by atoms with Gasteiger partial charge in [-0.25, -0.2) is 14.3 Å². The Balaban J connectivity index is 1.53. The van der Waals surface area contributed by atoms with Crippen molar-refractivity contribution in [2.75, 3.05) is 13.1 Å². The molecule has 1 saturated heterocycles. The highest BCUT2D eigenvalue weighted by Gasteiger charge is 2.27. The van der Waals surface area contributed by atoms with Gasteiger partial charge in [0.05, 0.1) is 6.20 Å². The summed E-state index contributed by atoms with van der Waals surface area (Å²) >= 11 is 0. The predicted octanol–water partition coefficient (Wildman–Crippen LogP) is 2.67. The molecule has 0 spiro atoms. The Morgan fingerprint density at radius 3 is 2.58 bits per heavy atom. The number of carbonyl (C=O) groups excluding carboxylic acids is 2. The molecule has 3 rings (SSSR count). The molecule has 1 N–H and O–H groups in total. The zero-order chi connectivity index (χ0) is 22.8. The molecule has 0 saturated carbocycles. The number of hydrogen-bond donors (Lipinski definition) is 1. The minimum atomic E-state index is -0.511. The van der Waals surface area contributed by atoms with Crippen LogP contribution >= 0.6 is 0 Å². The number of fused-ring (bicyclic) bond motifs is 1. The Morgan fingerprint density at radius 2 is 1.97 bits per heavy atom. The first-order valence-electron chi connectivity index (χ1n) is 10.6. The zero-order valence-corrected chi connectivity index (χ0v) is 18.9. The first-order valence-corrected chi connectivity index (χ1v) is 10.6. The van der Waals surface area contributed by atoms with E-state index < -0.39 is 5.60 Å². The van der Waals surface area contributed by atoms with Crippen LogP contribution in [0.1, 0.15) is 62.5 Å². The Kier molecular flexibility index (Phi) is 6.48. The van der Waals surface area contributed by atoms with Crippen LogP contribution in [-0.4, -0.2) is 56.2 Å². The number of ether oxygens (including phenoxy) is 1. The molecule has 1 aliphatic rings. The second kappa shape index (κ2) is 8.92. The molecule has 0 aromatic carbocycles. The Hall–Kier alpha value is -3.15. The average Bonchev–Trinajstić information content (AvgIpc) is 3.10. The fourth-order valence-electron chi connectivity index (χ4n) is 3.82. The summed E-state index contributed by atoms with van der Waals surface area (Å²) in [7, 11) is 0. The van der Waals surface area contributed by atoms with E-state index in [1.54, 1.807) is 9.42 Å². The number of nitriles is 1. The number of likely N-dealkylation sites (tertiary alicyclic amines) is 1. The van der Waals surface area contributed by atoms with Crippen molar-refractivity contribution < 1.29 is 14.3 Å². The number of nitrogens with one attached hydrogen (secondary N) is 1. The predicted molar refractivity (Wildman–Crippen MR) is 114 cm³/mol. The van der Waals surface area contributed by atoms with Crippen molar-refractivity contribution >= 4 is 17.6 Å². The number of amides is 2. The van der Waals surface area contributed by atoms with Crippen molar-refractivity contribution in [1.82, 2.24) is 24.8 Å². The fourth-order valence-corrected chi connectivity index (χ4v) is 3.82. The van der Waals surface area contributed by atoms with Gasteiger partial charge in [0.25, 0.3) is 0 Å². The van der Waals surface area contributed by atoms with Crippen LogP contribution in [0.5, 0.6) is 0 Å². The molecule has 166 valence electrons. The van der Waals surface area contributed by atoms with E-state index in [-0.39, 0.29) is 18.0 Å². The van der Waals surface area contributed by atoms with Gasteiger partial charge in [-0.2, -0.15) is 10.4 Å². The molecule has 0 aliphatic carbocycles. The van der Waals surface area contributed by atoms with Crippen molar-refractivity contribution in [2.45, 2.75) is 71.9 Å². The van der Waals surface area contributed by atoms with E-state index in [4.69, 9.17) is 4.74 Å². The van der Waals surface area contributed by atoms with Crippen LogP contribution in [0.2, 0.25) is 0 Å². The second-order valence-corrected chi connectivity index (χ2v) is 8.98. The van der Waals surface area contributed by atoms with Gasteiger partial charge in [0, 0.05) is 36.9 Å². The normalized spacial score (nSPS) is 15.0. The summed E-state index contributed by atoms with van der Waals surface area (Å²) in [6, 6.07) is 2.15. The maximum Gasteiger partial charge on any atom is 0.410 e. The summed E-state index contributed by atoms with van der Waals surface area (Å²) in [4.78, 5) is 30.9. The van der Waals surface area contributed by atoms with Crippen molar-refractivity contribution in [1.29, 1.82) is 5.26 Å². The van der Waals surface area contributed by atoms with Crippen molar-refractivity contribution in [3.05, 3.63) is 28.7 Å². The lowest BCUT2D eigenvalue weighted by atomic mass is 10.0. The van der Waals surface area contributed by atoms with Crippen LogP contribution in [0.25, 0.3) is 5.65 Å². The van der Waals surface area contributed by atoms with Crippen molar-refractivity contribution in [3.63, 3.8) is 0 Å². The summed E-state index contributed by atoms with van der Waals surface area (Å²) in [6.45, 7) is 10.5. The Labute approximate surface area is 182 Å². The summed E-state index contributed by atoms with van der Waals surface area (Å²) in [5, 5.41) is 16.5. The third kappa shape index (κ3) is 5.32. The van der Waals surface area contributed by atoms with Crippen LogP contribution in [0.15, 0.2) is 6.20 Å². The van der Waals surface area contributed by atoms with Crippen molar-refractivity contribution in [3.8, 4) is 6.07 Å². The monoisotopic (exact) mass is 426 g/mol. The smallest absolute Gasteiger partial charge is 0.410 e. The summed E-state index contributed by atoms with van der Waals surface area (Å²) < 4.78 is 7.07. The average molecular weight is 427 g/mol. The van der Waals surface area contributed by atoms with Crippen molar-refractivity contribution in [2.24, 2.45) is 0 Å². The molecule has 3 heterocycles. The first kappa shape index (κ1) is 22.5. The van der Waals surface area contributed by atoms with E-state index in [1.807, 2.05) is 34.6 Å². The van der Waals surface area contributed by atoms with Crippen LogP contribution in [0.4, 0.5) is 4.79 Å². The Morgan fingerprint density at radius 1 is 1.29 bits per heavy atom. The highest BCUT2D eigenvalue weighted by Crippen LogP contribution is 2.19. The molecule has 1 fully saturated rings. The highest BCUT2D eigenvalue weighted by atomic mass is 16.6. The van der Waals surface area contributed by atoms with Gasteiger partial charge in [0.2, 0.25) is 5.91 Å². The van der Waals surface area contributed by atoms with E-state index in [2.05, 4.69) is 21.5 Å². The third-order valence-electron chi connectivity index (χ3n) is 5.44. The number of carbonyl (C=O) groups is 2. The molecule has 0 radical (unpaired) electrons. The molecular weight excluding hydrogens is 396 g/mol. The standard InChI is InChI=1S/C22H30N6O3/c1-14-18(15(2)28-20(25-14)16(12-23)13-24-28)6-7-19(29)26-17-8-10-27(11-9-17)21(30)31-22(3,4)5/h13,17H,6-11H2,1-5H3,(H,26,29). The lowest BCUT2D eigenvalue weighted by molar-refractivity contribution is -0.122. The van der Waals surface area contributed by atoms with E-state index in [1.165, 1.54) is 6.20 Å². The highest BCUT2D eigenvalue weighted by molar-refractivity contribution is 5.76. The molecule has 2 aromatic heterocycles. The van der Waals surface area contributed by atoms with Gasteiger partial charge in [-0.05, 0) is 59.4 Å². The summed E-state index contributed by atoms with van der Waals surface area (Å²) in [5.74, 6) is -0.0206. The molecule has 1 aliphatic heterocycles. The number of hydrogen-bond acceptors (Lipinski definition) is 6. The number of aryl methyl sites for hydroxylation is 2. The van der Waals surface area contributed by atoms with E-state index >= 15 is 0 Å². The largest absolute Gasteiger partial charge is 0.444 e. The van der Waals surface area contributed by atoms with Gasteiger partial charge < -0.3 is 15.0 Å². The zero-order valence-electron chi connectivity index (χ0n) is 18.9. The molecule has 2 amide bonds. The van der Waals surface area contributed by atoms with Crippen LogP contribution in [0, 0.1) is 25.2 Å². The van der Waals surface area contributed by atoms with Gasteiger partial charge in [0.15, 0.2) is 5.65 Å². The van der Waals surface area contributed by atoms with Gasteiger partial charge in [-0.1, -0.05) is 0 Å². The van der Waals surface area contributed by atoms with Gasteiger partial charge in [-0.15, -0.1) is 0 Å². The molecule has 0 unspecified atom stereocenters.